The first-order valence-electron chi connectivity index (χ1n) is 5.34. The highest BCUT2D eigenvalue weighted by Gasteiger charge is 2.06. The molecule has 0 radical (unpaired) electrons. The van der Waals surface area contributed by atoms with E-state index >= 15 is 0 Å². The Labute approximate surface area is 105 Å². The van der Waals surface area contributed by atoms with Crippen molar-refractivity contribution in [2.75, 3.05) is 19.5 Å². The number of amidine groups is 1. The third-order valence-corrected chi connectivity index (χ3v) is 3.35. The van der Waals surface area contributed by atoms with Crippen molar-refractivity contribution in [2.24, 2.45) is 5.73 Å². The Bertz CT molecular complexity index is 385. The number of benzene rings is 1. The van der Waals surface area contributed by atoms with Crippen LogP contribution >= 0.6 is 11.8 Å². The van der Waals surface area contributed by atoms with Crippen LogP contribution in [-0.2, 0) is 10.5 Å². The second-order valence-corrected chi connectivity index (χ2v) is 4.72. The molecule has 1 aromatic carbocycles. The van der Waals surface area contributed by atoms with Crippen LogP contribution in [0.2, 0.25) is 0 Å². The zero-order valence-corrected chi connectivity index (χ0v) is 10.6. The summed E-state index contributed by atoms with van der Waals surface area (Å²) in [6.45, 7) is 0.746. The lowest BCUT2D eigenvalue weighted by Gasteiger charge is -2.08. The molecule has 0 spiro atoms. The Hall–Kier alpha value is -1.07. The molecule has 94 valence electrons. The Kier molecular flexibility index (Phi) is 6.00. The summed E-state index contributed by atoms with van der Waals surface area (Å²) in [7, 11) is 1.68. The summed E-state index contributed by atoms with van der Waals surface area (Å²) in [4.78, 5) is 0. The first-order chi connectivity index (χ1) is 8.15. The predicted octanol–water partition coefficient (Wildman–Crippen LogP) is 2.38. The predicted molar refractivity (Wildman–Crippen MR) is 70.1 cm³/mol. The van der Waals surface area contributed by atoms with Gasteiger partial charge in [-0.2, -0.15) is 11.8 Å². The molecule has 0 aromatic heterocycles. The summed E-state index contributed by atoms with van der Waals surface area (Å²) in [5.74, 6) is 1.27. The Morgan fingerprint density at radius 2 is 2.29 bits per heavy atom. The van der Waals surface area contributed by atoms with Crippen LogP contribution < -0.4 is 5.73 Å². The van der Waals surface area contributed by atoms with E-state index in [1.165, 1.54) is 12.1 Å². The monoisotopic (exact) mass is 256 g/mol. The van der Waals surface area contributed by atoms with Crippen molar-refractivity contribution in [3.05, 3.63) is 35.1 Å². The zero-order chi connectivity index (χ0) is 12.7. The van der Waals surface area contributed by atoms with E-state index in [0.717, 1.165) is 30.1 Å². The van der Waals surface area contributed by atoms with E-state index < -0.39 is 0 Å². The van der Waals surface area contributed by atoms with Gasteiger partial charge in [-0.25, -0.2) is 4.39 Å². The van der Waals surface area contributed by atoms with Gasteiger partial charge in [0.2, 0.25) is 0 Å². The second-order valence-electron chi connectivity index (χ2n) is 3.61. The summed E-state index contributed by atoms with van der Waals surface area (Å²) in [5.41, 5.74) is 6.82. The Balaban J connectivity index is 2.55. The third-order valence-electron chi connectivity index (χ3n) is 2.26. The highest BCUT2D eigenvalue weighted by molar-refractivity contribution is 7.98. The van der Waals surface area contributed by atoms with E-state index in [-0.39, 0.29) is 11.7 Å². The molecule has 0 saturated carbocycles. The highest BCUT2D eigenvalue weighted by atomic mass is 32.2. The lowest BCUT2D eigenvalue weighted by Crippen LogP contribution is -2.14. The summed E-state index contributed by atoms with van der Waals surface area (Å²) < 4.78 is 18.0. The summed E-state index contributed by atoms with van der Waals surface area (Å²) in [6.07, 6.45) is 0.984. The molecule has 0 heterocycles. The van der Waals surface area contributed by atoms with Crippen LogP contribution in [0.25, 0.3) is 0 Å². The summed E-state index contributed by atoms with van der Waals surface area (Å²) in [5, 5.41) is 7.40. The Morgan fingerprint density at radius 1 is 1.53 bits per heavy atom. The van der Waals surface area contributed by atoms with Crippen molar-refractivity contribution in [1.29, 1.82) is 5.41 Å². The average Bonchev–Trinajstić information content (AvgIpc) is 2.30. The first kappa shape index (κ1) is 14.0. The third kappa shape index (κ3) is 4.75. The Morgan fingerprint density at radius 3 is 2.94 bits per heavy atom. The smallest absolute Gasteiger partial charge is 0.123 e. The lowest BCUT2D eigenvalue weighted by atomic mass is 10.1. The topological polar surface area (TPSA) is 59.1 Å². The van der Waals surface area contributed by atoms with Gasteiger partial charge in [-0.05, 0) is 29.9 Å². The molecule has 17 heavy (non-hydrogen) atoms. The molecule has 0 amide bonds. The molecule has 5 heteroatoms. The van der Waals surface area contributed by atoms with Crippen LogP contribution in [0.3, 0.4) is 0 Å². The lowest BCUT2D eigenvalue weighted by molar-refractivity contribution is 0.200. The standard InChI is InChI=1S/C12H17FN2OS/c1-16-5-2-6-17-8-9-3-4-10(13)7-11(9)12(14)15/h3-4,7H,2,5-6,8H2,1H3,(H3,14,15). The number of nitrogens with two attached hydrogens (primary N) is 1. The number of ether oxygens (including phenoxy) is 1. The summed E-state index contributed by atoms with van der Waals surface area (Å²) >= 11 is 1.73. The molecule has 0 bridgehead atoms. The van der Waals surface area contributed by atoms with Gasteiger partial charge >= 0.3 is 0 Å². The van der Waals surface area contributed by atoms with E-state index in [9.17, 15) is 4.39 Å². The van der Waals surface area contributed by atoms with Crippen LogP contribution in [0, 0.1) is 11.2 Å². The van der Waals surface area contributed by atoms with Crippen molar-refractivity contribution < 1.29 is 9.13 Å². The number of hydrogen-bond donors (Lipinski definition) is 2. The van der Waals surface area contributed by atoms with Gasteiger partial charge in [0, 0.05) is 25.0 Å². The fourth-order valence-corrected chi connectivity index (χ4v) is 2.35. The summed E-state index contributed by atoms with van der Waals surface area (Å²) in [6, 6.07) is 4.40. The minimum atomic E-state index is -0.358. The van der Waals surface area contributed by atoms with Gasteiger partial charge in [-0.15, -0.1) is 0 Å². The number of rotatable bonds is 7. The number of nitrogens with one attached hydrogen (secondary N) is 1. The molecule has 0 fully saturated rings. The number of methoxy groups -OCH3 is 1. The average molecular weight is 256 g/mol. The molecule has 0 aliphatic carbocycles. The highest BCUT2D eigenvalue weighted by Crippen LogP contribution is 2.18. The van der Waals surface area contributed by atoms with E-state index in [2.05, 4.69) is 0 Å². The van der Waals surface area contributed by atoms with Gasteiger partial charge in [-0.1, -0.05) is 6.07 Å². The minimum absolute atomic E-state index is 0.0861. The van der Waals surface area contributed by atoms with Crippen molar-refractivity contribution >= 4 is 17.6 Å². The maximum Gasteiger partial charge on any atom is 0.123 e. The molecular formula is C12H17FN2OS. The van der Waals surface area contributed by atoms with Gasteiger partial charge in [0.25, 0.3) is 0 Å². The molecule has 3 nitrogen and oxygen atoms in total. The van der Waals surface area contributed by atoms with E-state index in [1.807, 2.05) is 0 Å². The van der Waals surface area contributed by atoms with Crippen LogP contribution in [-0.4, -0.2) is 25.3 Å². The van der Waals surface area contributed by atoms with Crippen molar-refractivity contribution in [2.45, 2.75) is 12.2 Å². The normalized spacial score (nSPS) is 10.5. The first-order valence-corrected chi connectivity index (χ1v) is 6.50. The van der Waals surface area contributed by atoms with E-state index in [1.54, 1.807) is 24.9 Å². The van der Waals surface area contributed by atoms with Crippen molar-refractivity contribution in [3.63, 3.8) is 0 Å². The molecule has 0 aliphatic heterocycles. The molecule has 3 N–H and O–H groups in total. The van der Waals surface area contributed by atoms with Crippen molar-refractivity contribution in [3.8, 4) is 0 Å². The zero-order valence-electron chi connectivity index (χ0n) is 9.83. The number of hydrogen-bond acceptors (Lipinski definition) is 3. The van der Waals surface area contributed by atoms with Crippen LogP contribution in [0.4, 0.5) is 4.39 Å². The van der Waals surface area contributed by atoms with E-state index in [4.69, 9.17) is 15.9 Å². The maximum atomic E-state index is 13.0. The molecule has 0 aliphatic rings. The number of thioether (sulfide) groups is 1. The van der Waals surface area contributed by atoms with Gasteiger partial charge < -0.3 is 10.5 Å². The molecule has 0 unspecified atom stereocenters. The van der Waals surface area contributed by atoms with Crippen molar-refractivity contribution in [1.82, 2.24) is 0 Å². The van der Waals surface area contributed by atoms with Gasteiger partial charge in [-0.3, -0.25) is 5.41 Å². The number of halogens is 1. The SMILES string of the molecule is COCCCSCc1ccc(F)cc1C(=N)N. The molecule has 1 rings (SSSR count). The van der Waals surface area contributed by atoms with Gasteiger partial charge in [0.15, 0.2) is 0 Å². The molecule has 0 atom stereocenters. The van der Waals surface area contributed by atoms with Crippen LogP contribution in [0.1, 0.15) is 17.5 Å². The maximum absolute atomic E-state index is 13.0. The van der Waals surface area contributed by atoms with Gasteiger partial charge in [0.1, 0.15) is 11.7 Å². The largest absolute Gasteiger partial charge is 0.385 e. The molecular weight excluding hydrogens is 239 g/mol. The van der Waals surface area contributed by atoms with Gasteiger partial charge in [0.05, 0.1) is 0 Å². The van der Waals surface area contributed by atoms with Crippen LogP contribution in [0.5, 0.6) is 0 Å². The fraction of sp³-hybridized carbons (Fsp3) is 0.417. The quantitative estimate of drug-likeness (QED) is 0.447. The van der Waals surface area contributed by atoms with E-state index in [0.29, 0.717) is 5.56 Å². The second kappa shape index (κ2) is 7.29. The number of nitrogen functional groups attached to an aromatic ring is 1. The fourth-order valence-electron chi connectivity index (χ4n) is 1.41. The minimum Gasteiger partial charge on any atom is -0.385 e. The van der Waals surface area contributed by atoms with Crippen LogP contribution in [0.15, 0.2) is 18.2 Å². The molecule has 1 aromatic rings. The molecule has 0 saturated heterocycles.